The van der Waals surface area contributed by atoms with Crippen LogP contribution in [0.5, 0.6) is 0 Å². The van der Waals surface area contributed by atoms with Crippen molar-refractivity contribution in [3.63, 3.8) is 0 Å². The molecule has 0 radical (unpaired) electrons. The Hall–Kier alpha value is -1.69. The van der Waals surface area contributed by atoms with Gasteiger partial charge in [-0.3, -0.25) is 4.79 Å². The van der Waals surface area contributed by atoms with Gasteiger partial charge in [0, 0.05) is 18.0 Å². The second-order valence-corrected chi connectivity index (χ2v) is 7.27. The minimum atomic E-state index is -0.672. The standard InChI is InChI=1S/C19H23NO3S/c1-14-9-10-23-18(14)19(22)20(12-15-6-3-2-4-7-15)13-16(21)17-8-5-11-24-17/h2-8,11,14,16,18,21H,9-10,12-13H2,1H3. The number of hydrogen-bond donors (Lipinski definition) is 1. The predicted molar refractivity (Wildman–Crippen MR) is 94.7 cm³/mol. The van der Waals surface area contributed by atoms with Crippen LogP contribution in [-0.4, -0.2) is 35.2 Å². The first-order chi connectivity index (χ1) is 11.6. The number of ether oxygens (including phenoxy) is 1. The van der Waals surface area contributed by atoms with Gasteiger partial charge in [-0.1, -0.05) is 43.3 Å². The summed E-state index contributed by atoms with van der Waals surface area (Å²) in [5.74, 6) is 0.189. The van der Waals surface area contributed by atoms with E-state index in [1.54, 1.807) is 4.90 Å². The molecule has 128 valence electrons. The third-order valence-corrected chi connectivity index (χ3v) is 5.40. The lowest BCUT2D eigenvalue weighted by Crippen LogP contribution is -2.42. The quantitative estimate of drug-likeness (QED) is 0.874. The highest BCUT2D eigenvalue weighted by molar-refractivity contribution is 7.10. The summed E-state index contributed by atoms with van der Waals surface area (Å²) in [7, 11) is 0. The van der Waals surface area contributed by atoms with Crippen LogP contribution in [0, 0.1) is 5.92 Å². The molecule has 1 aromatic heterocycles. The molecule has 0 bridgehead atoms. The number of amides is 1. The molecular formula is C19H23NO3S. The van der Waals surface area contributed by atoms with Crippen LogP contribution in [0.3, 0.4) is 0 Å². The maximum absolute atomic E-state index is 13.0. The minimum Gasteiger partial charge on any atom is -0.386 e. The SMILES string of the molecule is CC1CCOC1C(=O)N(Cc1ccccc1)CC(O)c1cccs1. The fourth-order valence-corrected chi connectivity index (χ4v) is 3.71. The van der Waals surface area contributed by atoms with Gasteiger partial charge in [0.1, 0.15) is 12.2 Å². The van der Waals surface area contributed by atoms with Crippen molar-refractivity contribution in [2.75, 3.05) is 13.2 Å². The lowest BCUT2D eigenvalue weighted by molar-refractivity contribution is -0.144. The first-order valence-electron chi connectivity index (χ1n) is 8.31. The molecule has 3 atom stereocenters. The fourth-order valence-electron chi connectivity index (χ4n) is 3.01. The number of aliphatic hydroxyl groups excluding tert-OH is 1. The Balaban J connectivity index is 1.76. The predicted octanol–water partition coefficient (Wildman–Crippen LogP) is 3.24. The number of carbonyl (C=O) groups excluding carboxylic acids is 1. The van der Waals surface area contributed by atoms with Crippen LogP contribution in [0.2, 0.25) is 0 Å². The summed E-state index contributed by atoms with van der Waals surface area (Å²) in [6.45, 7) is 3.44. The Kier molecular flexibility index (Phi) is 5.66. The number of aliphatic hydroxyl groups is 1. The molecule has 0 saturated carbocycles. The monoisotopic (exact) mass is 345 g/mol. The molecule has 1 saturated heterocycles. The molecule has 1 N–H and O–H groups in total. The molecule has 1 aromatic carbocycles. The fraction of sp³-hybridized carbons (Fsp3) is 0.421. The zero-order valence-corrected chi connectivity index (χ0v) is 14.6. The Bertz CT molecular complexity index is 644. The van der Waals surface area contributed by atoms with Crippen molar-refractivity contribution in [3.8, 4) is 0 Å². The van der Waals surface area contributed by atoms with E-state index in [0.717, 1.165) is 16.9 Å². The number of rotatable bonds is 6. The largest absolute Gasteiger partial charge is 0.386 e. The average Bonchev–Trinajstić information content (AvgIpc) is 3.26. The van der Waals surface area contributed by atoms with Crippen molar-refractivity contribution in [3.05, 3.63) is 58.3 Å². The summed E-state index contributed by atoms with van der Waals surface area (Å²) in [4.78, 5) is 15.6. The molecule has 1 aliphatic rings. The highest BCUT2D eigenvalue weighted by Gasteiger charge is 2.34. The van der Waals surface area contributed by atoms with Gasteiger partial charge in [0.25, 0.3) is 5.91 Å². The Morgan fingerprint density at radius 1 is 1.33 bits per heavy atom. The van der Waals surface area contributed by atoms with E-state index in [1.165, 1.54) is 11.3 Å². The maximum Gasteiger partial charge on any atom is 0.252 e. The first kappa shape index (κ1) is 17.1. The Morgan fingerprint density at radius 2 is 2.12 bits per heavy atom. The number of carbonyl (C=O) groups is 1. The molecule has 4 nitrogen and oxygen atoms in total. The van der Waals surface area contributed by atoms with Gasteiger partial charge in [-0.05, 0) is 29.3 Å². The lowest BCUT2D eigenvalue weighted by Gasteiger charge is -2.28. The van der Waals surface area contributed by atoms with E-state index in [0.29, 0.717) is 13.2 Å². The van der Waals surface area contributed by atoms with Crippen LogP contribution < -0.4 is 0 Å². The molecule has 24 heavy (non-hydrogen) atoms. The molecule has 1 aliphatic heterocycles. The van der Waals surface area contributed by atoms with E-state index in [4.69, 9.17) is 4.74 Å². The van der Waals surface area contributed by atoms with Crippen LogP contribution in [0.15, 0.2) is 47.8 Å². The average molecular weight is 345 g/mol. The zero-order chi connectivity index (χ0) is 16.9. The van der Waals surface area contributed by atoms with Gasteiger partial charge in [-0.15, -0.1) is 11.3 Å². The molecule has 2 aromatic rings. The van der Waals surface area contributed by atoms with Gasteiger partial charge in [0.2, 0.25) is 0 Å². The van der Waals surface area contributed by atoms with Crippen LogP contribution in [0.1, 0.15) is 29.9 Å². The van der Waals surface area contributed by atoms with E-state index in [1.807, 2.05) is 54.8 Å². The van der Waals surface area contributed by atoms with E-state index in [2.05, 4.69) is 0 Å². The summed E-state index contributed by atoms with van der Waals surface area (Å²) < 4.78 is 5.65. The number of hydrogen-bond acceptors (Lipinski definition) is 4. The van der Waals surface area contributed by atoms with Crippen molar-refractivity contribution in [1.82, 2.24) is 4.90 Å². The van der Waals surface area contributed by atoms with Gasteiger partial charge in [0.15, 0.2) is 0 Å². The van der Waals surface area contributed by atoms with E-state index in [-0.39, 0.29) is 18.4 Å². The van der Waals surface area contributed by atoms with E-state index >= 15 is 0 Å². The van der Waals surface area contributed by atoms with Crippen LogP contribution in [-0.2, 0) is 16.1 Å². The van der Waals surface area contributed by atoms with Crippen molar-refractivity contribution < 1.29 is 14.6 Å². The topological polar surface area (TPSA) is 49.8 Å². The molecule has 5 heteroatoms. The van der Waals surface area contributed by atoms with Crippen LogP contribution >= 0.6 is 11.3 Å². The second kappa shape index (κ2) is 7.92. The molecule has 3 unspecified atom stereocenters. The summed E-state index contributed by atoms with van der Waals surface area (Å²) >= 11 is 1.50. The van der Waals surface area contributed by atoms with Crippen molar-refractivity contribution >= 4 is 17.2 Å². The van der Waals surface area contributed by atoms with Crippen LogP contribution in [0.4, 0.5) is 0 Å². The van der Waals surface area contributed by atoms with Crippen molar-refractivity contribution in [2.24, 2.45) is 5.92 Å². The Labute approximate surface area is 146 Å². The smallest absolute Gasteiger partial charge is 0.252 e. The second-order valence-electron chi connectivity index (χ2n) is 6.29. The van der Waals surface area contributed by atoms with Crippen molar-refractivity contribution in [2.45, 2.75) is 32.1 Å². The third-order valence-electron chi connectivity index (χ3n) is 4.42. The Morgan fingerprint density at radius 3 is 2.75 bits per heavy atom. The molecule has 1 amide bonds. The molecule has 3 rings (SSSR count). The van der Waals surface area contributed by atoms with E-state index < -0.39 is 12.2 Å². The van der Waals surface area contributed by atoms with Crippen molar-refractivity contribution in [1.29, 1.82) is 0 Å². The van der Waals surface area contributed by atoms with Gasteiger partial charge in [0.05, 0.1) is 6.54 Å². The first-order valence-corrected chi connectivity index (χ1v) is 9.19. The van der Waals surface area contributed by atoms with Gasteiger partial charge < -0.3 is 14.7 Å². The minimum absolute atomic E-state index is 0.0283. The normalized spacial score (nSPS) is 21.6. The van der Waals surface area contributed by atoms with Gasteiger partial charge >= 0.3 is 0 Å². The maximum atomic E-state index is 13.0. The lowest BCUT2D eigenvalue weighted by atomic mass is 10.0. The summed E-state index contributed by atoms with van der Waals surface area (Å²) in [6, 6.07) is 13.7. The third kappa shape index (κ3) is 4.04. The summed E-state index contributed by atoms with van der Waals surface area (Å²) in [5, 5.41) is 12.4. The molecular weight excluding hydrogens is 322 g/mol. The van der Waals surface area contributed by atoms with Gasteiger partial charge in [-0.2, -0.15) is 0 Å². The highest BCUT2D eigenvalue weighted by atomic mass is 32.1. The molecule has 0 spiro atoms. The number of benzene rings is 1. The molecule has 0 aliphatic carbocycles. The zero-order valence-electron chi connectivity index (χ0n) is 13.8. The number of thiophene rings is 1. The number of nitrogens with zero attached hydrogens (tertiary/aromatic N) is 1. The van der Waals surface area contributed by atoms with Gasteiger partial charge in [-0.25, -0.2) is 0 Å². The summed E-state index contributed by atoms with van der Waals surface area (Å²) in [5.41, 5.74) is 1.05. The highest BCUT2D eigenvalue weighted by Crippen LogP contribution is 2.25. The van der Waals surface area contributed by atoms with Crippen LogP contribution in [0.25, 0.3) is 0 Å². The molecule has 1 fully saturated rings. The van der Waals surface area contributed by atoms with E-state index in [9.17, 15) is 9.90 Å². The molecule has 2 heterocycles. The summed E-state index contributed by atoms with van der Waals surface area (Å²) in [6.07, 6.45) is -0.165.